The van der Waals surface area contributed by atoms with E-state index in [1.54, 1.807) is 23.5 Å². The largest absolute Gasteiger partial charge is 0.355 e. The van der Waals surface area contributed by atoms with Crippen molar-refractivity contribution in [3.05, 3.63) is 40.7 Å². The molecule has 3 rings (SSSR count). The van der Waals surface area contributed by atoms with Gasteiger partial charge in [-0.15, -0.1) is 22.0 Å². The first-order valence-corrected chi connectivity index (χ1v) is 12.5. The predicted molar refractivity (Wildman–Crippen MR) is 118 cm³/mol. The Labute approximate surface area is 180 Å². The van der Waals surface area contributed by atoms with Crippen LogP contribution in [0.15, 0.2) is 29.4 Å². The van der Waals surface area contributed by atoms with E-state index >= 15 is 0 Å². The molecule has 1 N–H and O–H groups in total. The second-order valence-electron chi connectivity index (χ2n) is 6.98. The van der Waals surface area contributed by atoms with Crippen LogP contribution in [0.25, 0.3) is 0 Å². The molecule has 0 radical (unpaired) electrons. The number of aryl methyl sites for hydroxylation is 1. The zero-order valence-electron chi connectivity index (χ0n) is 16.2. The summed E-state index contributed by atoms with van der Waals surface area (Å²) in [6.45, 7) is 0.673. The SMILES string of the molecule is CSc1nnc(CCCNC(=O)CSCc2ccc(Cl)cc2)n1C1CCCC1. The molecule has 28 heavy (non-hydrogen) atoms. The molecule has 1 saturated carbocycles. The van der Waals surface area contributed by atoms with Crippen molar-refractivity contribution in [2.75, 3.05) is 18.6 Å². The van der Waals surface area contributed by atoms with E-state index < -0.39 is 0 Å². The smallest absolute Gasteiger partial charge is 0.230 e. The number of halogens is 1. The average molecular weight is 439 g/mol. The Hall–Kier alpha value is -1.18. The minimum Gasteiger partial charge on any atom is -0.355 e. The first-order valence-electron chi connectivity index (χ1n) is 9.74. The second-order valence-corrected chi connectivity index (χ2v) is 9.18. The van der Waals surface area contributed by atoms with Crippen LogP contribution in [0.2, 0.25) is 5.02 Å². The van der Waals surface area contributed by atoms with Gasteiger partial charge in [-0.1, -0.05) is 48.3 Å². The van der Waals surface area contributed by atoms with Gasteiger partial charge in [0, 0.05) is 29.8 Å². The number of nitrogens with zero attached hydrogens (tertiary/aromatic N) is 3. The summed E-state index contributed by atoms with van der Waals surface area (Å²) in [6.07, 6.45) is 8.82. The molecular weight excluding hydrogens is 412 g/mol. The molecule has 0 aliphatic heterocycles. The molecule has 1 heterocycles. The van der Waals surface area contributed by atoms with Gasteiger partial charge in [0.25, 0.3) is 0 Å². The Kier molecular flexibility index (Phi) is 8.55. The number of thioether (sulfide) groups is 2. The minimum atomic E-state index is 0.0843. The number of carbonyl (C=O) groups excluding carboxylic acids is 1. The number of aromatic nitrogens is 3. The lowest BCUT2D eigenvalue weighted by atomic mass is 10.2. The van der Waals surface area contributed by atoms with Crippen molar-refractivity contribution < 1.29 is 4.79 Å². The van der Waals surface area contributed by atoms with Crippen molar-refractivity contribution in [3.63, 3.8) is 0 Å². The normalized spacial score (nSPS) is 14.5. The van der Waals surface area contributed by atoms with Crippen molar-refractivity contribution in [1.82, 2.24) is 20.1 Å². The van der Waals surface area contributed by atoms with Gasteiger partial charge in [-0.3, -0.25) is 4.79 Å². The molecule has 5 nitrogen and oxygen atoms in total. The lowest BCUT2D eigenvalue weighted by Gasteiger charge is -2.16. The molecule has 0 unspecified atom stereocenters. The fourth-order valence-electron chi connectivity index (χ4n) is 3.51. The summed E-state index contributed by atoms with van der Waals surface area (Å²) in [6, 6.07) is 8.30. The number of hydrogen-bond acceptors (Lipinski definition) is 5. The lowest BCUT2D eigenvalue weighted by Crippen LogP contribution is -2.26. The summed E-state index contributed by atoms with van der Waals surface area (Å²) >= 11 is 9.17. The van der Waals surface area contributed by atoms with Gasteiger partial charge >= 0.3 is 0 Å². The van der Waals surface area contributed by atoms with Gasteiger partial charge in [0.2, 0.25) is 5.91 Å². The van der Waals surface area contributed by atoms with Crippen molar-refractivity contribution in [1.29, 1.82) is 0 Å². The number of hydrogen-bond donors (Lipinski definition) is 1. The van der Waals surface area contributed by atoms with Crippen LogP contribution in [0.3, 0.4) is 0 Å². The Balaban J connectivity index is 1.37. The van der Waals surface area contributed by atoms with Crippen LogP contribution in [0, 0.1) is 0 Å². The van der Waals surface area contributed by atoms with Crippen LogP contribution < -0.4 is 5.32 Å². The summed E-state index contributed by atoms with van der Waals surface area (Å²) < 4.78 is 2.33. The number of carbonyl (C=O) groups is 1. The molecule has 1 aromatic heterocycles. The van der Waals surface area contributed by atoms with Gasteiger partial charge in [-0.2, -0.15) is 0 Å². The molecular formula is C20H27ClN4OS2. The second kappa shape index (κ2) is 11.1. The van der Waals surface area contributed by atoms with E-state index in [1.165, 1.54) is 31.2 Å². The van der Waals surface area contributed by atoms with Crippen molar-refractivity contribution >= 4 is 41.0 Å². The third-order valence-corrected chi connectivity index (χ3v) is 6.82. The van der Waals surface area contributed by atoms with E-state index in [9.17, 15) is 4.79 Å². The molecule has 1 aliphatic rings. The third-order valence-electron chi connectivity index (χ3n) is 4.92. The third kappa shape index (κ3) is 6.16. The van der Waals surface area contributed by atoms with Crippen molar-refractivity contribution in [2.45, 2.75) is 55.5 Å². The molecule has 1 aliphatic carbocycles. The van der Waals surface area contributed by atoms with Crippen molar-refractivity contribution in [2.24, 2.45) is 0 Å². The summed E-state index contributed by atoms with van der Waals surface area (Å²) in [7, 11) is 0. The predicted octanol–water partition coefficient (Wildman–Crippen LogP) is 4.75. The van der Waals surface area contributed by atoms with E-state index in [2.05, 4.69) is 26.3 Å². The summed E-state index contributed by atoms with van der Waals surface area (Å²) in [5.41, 5.74) is 1.18. The Morgan fingerprint density at radius 3 is 2.71 bits per heavy atom. The van der Waals surface area contributed by atoms with Crippen LogP contribution in [0.5, 0.6) is 0 Å². The Bertz CT molecular complexity index is 760. The first kappa shape index (κ1) is 21.5. The number of amides is 1. The first-order chi connectivity index (χ1) is 13.7. The topological polar surface area (TPSA) is 59.8 Å². The highest BCUT2D eigenvalue weighted by Gasteiger charge is 2.23. The average Bonchev–Trinajstić information content (AvgIpc) is 3.36. The zero-order chi connectivity index (χ0) is 19.8. The Morgan fingerprint density at radius 1 is 1.25 bits per heavy atom. The standard InChI is InChI=1S/C20H27ClN4OS2/c1-27-20-24-23-18(25(20)17-5-2-3-6-17)7-4-12-22-19(26)14-28-13-15-8-10-16(21)11-9-15/h8-11,17H,2-7,12-14H2,1H3,(H,22,26). The number of benzene rings is 1. The highest BCUT2D eigenvalue weighted by molar-refractivity contribution is 7.99. The van der Waals surface area contributed by atoms with Gasteiger partial charge in [0.05, 0.1) is 5.75 Å². The lowest BCUT2D eigenvalue weighted by molar-refractivity contribution is -0.118. The van der Waals surface area contributed by atoms with Crippen molar-refractivity contribution in [3.8, 4) is 0 Å². The molecule has 1 amide bonds. The molecule has 1 fully saturated rings. The zero-order valence-corrected chi connectivity index (χ0v) is 18.6. The Morgan fingerprint density at radius 2 is 2.00 bits per heavy atom. The monoisotopic (exact) mass is 438 g/mol. The quantitative estimate of drug-likeness (QED) is 0.428. The van der Waals surface area contributed by atoms with E-state index in [1.807, 2.05) is 24.3 Å². The molecule has 8 heteroatoms. The fraction of sp³-hybridized carbons (Fsp3) is 0.550. The molecule has 2 aromatic rings. The minimum absolute atomic E-state index is 0.0843. The number of rotatable bonds is 10. The van der Waals surface area contributed by atoms with Gasteiger partial charge in [-0.05, 0) is 43.2 Å². The van der Waals surface area contributed by atoms with E-state index in [0.717, 1.165) is 34.6 Å². The van der Waals surface area contributed by atoms with Crippen LogP contribution in [0.1, 0.15) is 49.5 Å². The van der Waals surface area contributed by atoms with Crippen LogP contribution in [-0.2, 0) is 17.0 Å². The molecule has 0 spiro atoms. The highest BCUT2D eigenvalue weighted by atomic mass is 35.5. The summed E-state index contributed by atoms with van der Waals surface area (Å²) in [4.78, 5) is 12.0. The van der Waals surface area contributed by atoms with E-state index in [0.29, 0.717) is 18.3 Å². The van der Waals surface area contributed by atoms with E-state index in [-0.39, 0.29) is 5.91 Å². The van der Waals surface area contributed by atoms with Gasteiger partial charge in [0.1, 0.15) is 5.82 Å². The number of nitrogens with one attached hydrogen (secondary N) is 1. The van der Waals surface area contributed by atoms with Crippen LogP contribution in [0.4, 0.5) is 0 Å². The summed E-state index contributed by atoms with van der Waals surface area (Å²) in [5.74, 6) is 2.42. The molecule has 0 atom stereocenters. The highest BCUT2D eigenvalue weighted by Crippen LogP contribution is 2.33. The van der Waals surface area contributed by atoms with Gasteiger partial charge in [0.15, 0.2) is 5.16 Å². The maximum absolute atomic E-state index is 12.0. The fourth-order valence-corrected chi connectivity index (χ4v) is 5.03. The summed E-state index contributed by atoms with van der Waals surface area (Å²) in [5, 5.41) is 13.5. The van der Waals surface area contributed by atoms with Gasteiger partial charge in [-0.25, -0.2) is 0 Å². The van der Waals surface area contributed by atoms with Crippen LogP contribution >= 0.6 is 35.1 Å². The maximum Gasteiger partial charge on any atom is 0.230 e. The maximum atomic E-state index is 12.0. The van der Waals surface area contributed by atoms with Crippen LogP contribution in [-0.4, -0.2) is 39.2 Å². The molecule has 0 saturated heterocycles. The molecule has 0 bridgehead atoms. The molecule has 1 aromatic carbocycles. The van der Waals surface area contributed by atoms with Gasteiger partial charge < -0.3 is 9.88 Å². The molecule has 152 valence electrons. The van der Waals surface area contributed by atoms with E-state index in [4.69, 9.17) is 11.6 Å².